The predicted molar refractivity (Wildman–Crippen MR) is 49.3 cm³/mol. The summed E-state index contributed by atoms with van der Waals surface area (Å²) in [5.41, 5.74) is 0. The highest BCUT2D eigenvalue weighted by Crippen LogP contribution is 2.35. The van der Waals surface area contributed by atoms with Crippen LogP contribution >= 0.6 is 10.0 Å². The highest BCUT2D eigenvalue weighted by atomic mass is 32.3. The largest absolute Gasteiger partial charge is 0.230 e. The molecule has 0 heterocycles. The van der Waals surface area contributed by atoms with Crippen LogP contribution in [0.5, 0.6) is 0 Å². The summed E-state index contributed by atoms with van der Waals surface area (Å²) in [4.78, 5) is 0. The number of hydrogen-bond donors (Lipinski definition) is 0. The van der Waals surface area contributed by atoms with Crippen LogP contribution in [0.15, 0.2) is 23.6 Å². The van der Waals surface area contributed by atoms with Gasteiger partial charge in [0.1, 0.15) is 0 Å². The Labute approximate surface area is 60.0 Å². The van der Waals surface area contributed by atoms with Gasteiger partial charge in [-0.25, -0.2) is 10.0 Å². The van der Waals surface area contributed by atoms with E-state index in [1.54, 1.807) is 0 Å². The summed E-state index contributed by atoms with van der Waals surface area (Å²) in [6.07, 6.45) is 13.0. The second-order valence-corrected chi connectivity index (χ2v) is 6.92. The number of hydrogen-bond acceptors (Lipinski definition) is 0. The molecule has 0 amide bonds. The van der Waals surface area contributed by atoms with Crippen molar-refractivity contribution in [3.63, 3.8) is 0 Å². The first-order valence-electron chi connectivity index (χ1n) is 3.04. The lowest BCUT2D eigenvalue weighted by molar-refractivity contribution is 1.74. The summed E-state index contributed by atoms with van der Waals surface area (Å²) in [5, 5.41) is 2.27. The molecule has 0 aromatic carbocycles. The molecular weight excluding hydrogens is 128 g/mol. The maximum absolute atomic E-state index is 2.27. The highest BCUT2D eigenvalue weighted by molar-refractivity contribution is 8.34. The molecule has 54 valence electrons. The average Bonchev–Trinajstić information content (AvgIpc) is 1.63. The minimum absolute atomic E-state index is 0.428. The molecule has 9 heavy (non-hydrogen) atoms. The van der Waals surface area contributed by atoms with E-state index in [4.69, 9.17) is 0 Å². The highest BCUT2D eigenvalue weighted by Gasteiger charge is 1.93. The molecule has 0 N–H and O–H groups in total. The lowest BCUT2D eigenvalue weighted by atomic mass is 10.5. The fraction of sp³-hybridized carbons (Fsp3) is 0.500. The first-order valence-corrected chi connectivity index (χ1v) is 5.96. The van der Waals surface area contributed by atoms with Crippen LogP contribution in [0.1, 0.15) is 6.92 Å². The van der Waals surface area contributed by atoms with Gasteiger partial charge in [0.2, 0.25) is 0 Å². The molecule has 0 fully saturated rings. The minimum Gasteiger partial charge on any atom is -0.230 e. The molecule has 0 aliphatic heterocycles. The Hall–Kier alpha value is -0.170. The third-order valence-corrected chi connectivity index (χ3v) is 1.76. The van der Waals surface area contributed by atoms with Crippen LogP contribution in [0.4, 0.5) is 0 Å². The maximum Gasteiger partial charge on any atom is -0.0315 e. The van der Waals surface area contributed by atoms with Gasteiger partial charge in [-0.05, 0) is 31.1 Å². The van der Waals surface area contributed by atoms with Gasteiger partial charge in [0.15, 0.2) is 0 Å². The van der Waals surface area contributed by atoms with E-state index < -0.39 is 10.0 Å². The van der Waals surface area contributed by atoms with Crippen LogP contribution in [0, 0.1) is 0 Å². The van der Waals surface area contributed by atoms with Gasteiger partial charge in [0.05, 0.1) is 0 Å². The van der Waals surface area contributed by atoms with E-state index in [2.05, 4.69) is 36.3 Å². The van der Waals surface area contributed by atoms with Crippen LogP contribution in [-0.2, 0) is 0 Å². The van der Waals surface area contributed by atoms with Gasteiger partial charge in [-0.2, -0.15) is 0 Å². The predicted octanol–water partition coefficient (Wildman–Crippen LogP) is 2.77. The van der Waals surface area contributed by atoms with Crippen LogP contribution in [0.2, 0.25) is 0 Å². The monoisotopic (exact) mass is 144 g/mol. The molecule has 0 saturated carbocycles. The third kappa shape index (κ3) is 7.83. The fourth-order valence-corrected chi connectivity index (χ4v) is 0.954. The normalized spacial score (nSPS) is 15.6. The molecule has 0 unspecified atom stereocenters. The van der Waals surface area contributed by atoms with E-state index >= 15 is 0 Å². The molecule has 0 saturated heterocycles. The van der Waals surface area contributed by atoms with Crippen molar-refractivity contribution in [2.24, 2.45) is 0 Å². The second kappa shape index (κ2) is 3.78. The smallest absolute Gasteiger partial charge is 0.0315 e. The molecule has 0 bridgehead atoms. The van der Waals surface area contributed by atoms with Crippen molar-refractivity contribution in [2.75, 3.05) is 18.8 Å². The molecule has 0 rings (SSSR count). The Balaban J connectivity index is 3.71. The van der Waals surface area contributed by atoms with Crippen molar-refractivity contribution in [2.45, 2.75) is 6.92 Å². The third-order valence-electron chi connectivity index (χ3n) is 0.790. The Morgan fingerprint density at radius 3 is 1.89 bits per heavy atom. The van der Waals surface area contributed by atoms with Gasteiger partial charge in [-0.3, -0.25) is 0 Å². The van der Waals surface area contributed by atoms with Crippen molar-refractivity contribution in [3.05, 3.63) is 23.6 Å². The van der Waals surface area contributed by atoms with Gasteiger partial charge in [-0.15, -0.1) is 0 Å². The van der Waals surface area contributed by atoms with E-state index in [0.29, 0.717) is 0 Å². The van der Waals surface area contributed by atoms with Gasteiger partial charge in [0, 0.05) is 0 Å². The molecule has 0 atom stereocenters. The summed E-state index contributed by atoms with van der Waals surface area (Å²) in [5.74, 6) is 0. The summed E-state index contributed by atoms with van der Waals surface area (Å²) < 4.78 is 0. The van der Waals surface area contributed by atoms with E-state index in [-0.39, 0.29) is 0 Å². The molecule has 0 spiro atoms. The standard InChI is InChI=1S/C8H16S/c1-5-6-7-8-9(2,3)4/h5-8H,1-4H3/b6-5-,8-7-. The molecule has 0 radical (unpaired) electrons. The summed E-state index contributed by atoms with van der Waals surface area (Å²) in [6.45, 7) is 2.03. The Kier molecular flexibility index (Phi) is 3.71. The number of allylic oxidation sites excluding steroid dienone is 3. The lowest BCUT2D eigenvalue weighted by Crippen LogP contribution is -1.82. The van der Waals surface area contributed by atoms with Crippen molar-refractivity contribution < 1.29 is 0 Å². The molecule has 0 aromatic rings. The van der Waals surface area contributed by atoms with Crippen LogP contribution in [-0.4, -0.2) is 18.8 Å². The average molecular weight is 144 g/mol. The van der Waals surface area contributed by atoms with E-state index in [1.807, 2.05) is 13.0 Å². The summed E-state index contributed by atoms with van der Waals surface area (Å²) in [6, 6.07) is 0. The number of rotatable bonds is 2. The molecule has 0 nitrogen and oxygen atoms in total. The molecule has 1 heteroatoms. The van der Waals surface area contributed by atoms with E-state index in [1.165, 1.54) is 0 Å². The zero-order chi connectivity index (χ0) is 7.33. The van der Waals surface area contributed by atoms with Gasteiger partial charge in [-0.1, -0.05) is 18.2 Å². The maximum atomic E-state index is 2.27. The Bertz CT molecular complexity index is 115. The Morgan fingerprint density at radius 2 is 1.56 bits per heavy atom. The summed E-state index contributed by atoms with van der Waals surface area (Å²) in [7, 11) is -0.428. The molecule has 0 aliphatic carbocycles. The van der Waals surface area contributed by atoms with Gasteiger partial charge >= 0.3 is 0 Å². The second-order valence-electron chi connectivity index (χ2n) is 2.79. The van der Waals surface area contributed by atoms with Crippen molar-refractivity contribution in [1.82, 2.24) is 0 Å². The van der Waals surface area contributed by atoms with Gasteiger partial charge in [0.25, 0.3) is 0 Å². The quantitative estimate of drug-likeness (QED) is 0.523. The first-order chi connectivity index (χ1) is 4.06. The van der Waals surface area contributed by atoms with Crippen molar-refractivity contribution in [1.29, 1.82) is 0 Å². The zero-order valence-corrected chi connectivity index (χ0v) is 7.53. The van der Waals surface area contributed by atoms with Crippen molar-refractivity contribution in [3.8, 4) is 0 Å². The zero-order valence-electron chi connectivity index (χ0n) is 6.72. The van der Waals surface area contributed by atoms with Crippen LogP contribution in [0.3, 0.4) is 0 Å². The molecule has 0 aromatic heterocycles. The Morgan fingerprint density at radius 1 is 1.00 bits per heavy atom. The van der Waals surface area contributed by atoms with Gasteiger partial charge < -0.3 is 0 Å². The van der Waals surface area contributed by atoms with E-state index in [9.17, 15) is 0 Å². The van der Waals surface area contributed by atoms with E-state index in [0.717, 1.165) is 0 Å². The minimum atomic E-state index is -0.428. The van der Waals surface area contributed by atoms with Crippen molar-refractivity contribution >= 4 is 10.0 Å². The summed E-state index contributed by atoms with van der Waals surface area (Å²) >= 11 is 0. The first kappa shape index (κ1) is 8.83. The molecular formula is C8H16S. The van der Waals surface area contributed by atoms with Crippen LogP contribution < -0.4 is 0 Å². The fourth-order valence-electron chi connectivity index (χ4n) is 0.392. The lowest BCUT2D eigenvalue weighted by Gasteiger charge is -2.18. The van der Waals surface area contributed by atoms with Crippen LogP contribution in [0.25, 0.3) is 0 Å². The SMILES string of the molecule is C/C=C\C=C/S(C)(C)C. The topological polar surface area (TPSA) is 0 Å². The molecule has 0 aliphatic rings.